The topological polar surface area (TPSA) is 68.5 Å². The highest BCUT2D eigenvalue weighted by molar-refractivity contribution is 5.98. The van der Waals surface area contributed by atoms with E-state index in [1.165, 1.54) is 5.56 Å². The highest BCUT2D eigenvalue weighted by atomic mass is 16.5. The summed E-state index contributed by atoms with van der Waals surface area (Å²) in [6.07, 6.45) is 3.02. The highest BCUT2D eigenvalue weighted by Crippen LogP contribution is 2.35. The molecule has 1 heterocycles. The van der Waals surface area contributed by atoms with Gasteiger partial charge >= 0.3 is 0 Å². The number of ether oxygens (including phenoxy) is 1. The summed E-state index contributed by atoms with van der Waals surface area (Å²) in [7, 11) is 2.75. The van der Waals surface area contributed by atoms with Crippen LogP contribution in [0.5, 0.6) is 0 Å². The van der Waals surface area contributed by atoms with Crippen LogP contribution in [0.4, 0.5) is 0 Å². The number of nitrogens with zero attached hydrogens (tertiary/aromatic N) is 1. The maximum Gasteiger partial charge on any atom is 0.258 e. The largest absolute Gasteiger partial charge is 0.400 e. The molecule has 0 spiro atoms. The Hall–Kier alpha value is -2.76. The van der Waals surface area contributed by atoms with E-state index < -0.39 is 5.92 Å². The van der Waals surface area contributed by atoms with E-state index in [1.807, 2.05) is 39.0 Å². The SMILES string of the molecule is CCCc1ccc(-c2c(C(C=O)COC(C)C)n(C)c(=O)c3ccc(C)cc23)cc1.CO. The lowest BCUT2D eigenvalue weighted by molar-refractivity contribution is -0.110. The minimum absolute atomic E-state index is 0.00366. The molecule has 0 aliphatic carbocycles. The zero-order chi connectivity index (χ0) is 23.8. The van der Waals surface area contributed by atoms with E-state index in [9.17, 15) is 9.59 Å². The summed E-state index contributed by atoms with van der Waals surface area (Å²) in [5.74, 6) is -0.527. The van der Waals surface area contributed by atoms with Crippen molar-refractivity contribution in [3.8, 4) is 11.1 Å². The number of aryl methyl sites for hydroxylation is 2. The zero-order valence-electron chi connectivity index (χ0n) is 20.0. The number of benzene rings is 2. The Morgan fingerprint density at radius 2 is 1.72 bits per heavy atom. The van der Waals surface area contributed by atoms with E-state index in [0.29, 0.717) is 11.1 Å². The third-order valence-corrected chi connectivity index (χ3v) is 5.50. The third-order valence-electron chi connectivity index (χ3n) is 5.50. The molecule has 0 bridgehead atoms. The molecular weight excluding hydrogens is 402 g/mol. The minimum Gasteiger partial charge on any atom is -0.400 e. The van der Waals surface area contributed by atoms with Crippen LogP contribution in [-0.2, 0) is 23.0 Å². The average molecular weight is 438 g/mol. The van der Waals surface area contributed by atoms with Crippen molar-refractivity contribution in [1.82, 2.24) is 4.57 Å². The summed E-state index contributed by atoms with van der Waals surface area (Å²) in [6, 6.07) is 14.3. The molecule has 0 aliphatic heterocycles. The number of carbonyl (C=O) groups excluding carboxylic acids is 1. The molecule has 3 rings (SSSR count). The number of rotatable bonds is 8. The van der Waals surface area contributed by atoms with E-state index in [1.54, 1.807) is 11.6 Å². The van der Waals surface area contributed by atoms with E-state index in [-0.39, 0.29) is 18.3 Å². The fourth-order valence-electron chi connectivity index (χ4n) is 3.99. The van der Waals surface area contributed by atoms with Gasteiger partial charge in [-0.15, -0.1) is 0 Å². The Morgan fingerprint density at radius 3 is 2.28 bits per heavy atom. The van der Waals surface area contributed by atoms with Crippen LogP contribution in [-0.4, -0.2) is 35.8 Å². The van der Waals surface area contributed by atoms with Crippen molar-refractivity contribution in [2.24, 2.45) is 7.05 Å². The van der Waals surface area contributed by atoms with Crippen molar-refractivity contribution < 1.29 is 14.6 Å². The molecule has 3 aromatic rings. The van der Waals surface area contributed by atoms with E-state index in [4.69, 9.17) is 9.84 Å². The number of hydrogen-bond acceptors (Lipinski definition) is 4. The lowest BCUT2D eigenvalue weighted by Crippen LogP contribution is -2.27. The summed E-state index contributed by atoms with van der Waals surface area (Å²) in [4.78, 5) is 25.3. The van der Waals surface area contributed by atoms with Gasteiger partial charge in [-0.1, -0.05) is 55.3 Å². The number of pyridine rings is 1. The van der Waals surface area contributed by atoms with Crippen LogP contribution in [0, 0.1) is 6.92 Å². The monoisotopic (exact) mass is 437 g/mol. The van der Waals surface area contributed by atoms with Gasteiger partial charge in [0.15, 0.2) is 0 Å². The van der Waals surface area contributed by atoms with E-state index in [0.717, 1.165) is 48.3 Å². The Labute approximate surface area is 190 Å². The molecule has 2 aromatic carbocycles. The van der Waals surface area contributed by atoms with Crippen LogP contribution in [0.1, 0.15) is 49.9 Å². The molecule has 1 atom stereocenters. The van der Waals surface area contributed by atoms with Crippen molar-refractivity contribution >= 4 is 17.1 Å². The van der Waals surface area contributed by atoms with Gasteiger partial charge in [-0.2, -0.15) is 0 Å². The van der Waals surface area contributed by atoms with Crippen LogP contribution in [0.15, 0.2) is 47.3 Å². The number of aldehydes is 1. The second kappa shape index (κ2) is 11.7. The van der Waals surface area contributed by atoms with Crippen LogP contribution < -0.4 is 5.56 Å². The molecule has 0 radical (unpaired) electrons. The fourth-order valence-corrected chi connectivity index (χ4v) is 3.99. The summed E-state index contributed by atoms with van der Waals surface area (Å²) < 4.78 is 7.40. The molecule has 0 fully saturated rings. The van der Waals surface area contributed by atoms with Crippen molar-refractivity contribution in [2.75, 3.05) is 13.7 Å². The zero-order valence-corrected chi connectivity index (χ0v) is 20.0. The van der Waals surface area contributed by atoms with E-state index >= 15 is 0 Å². The van der Waals surface area contributed by atoms with Crippen LogP contribution in [0.3, 0.4) is 0 Å². The normalized spacial score (nSPS) is 11.9. The van der Waals surface area contributed by atoms with Gasteiger partial charge in [-0.3, -0.25) is 4.79 Å². The summed E-state index contributed by atoms with van der Waals surface area (Å²) in [5.41, 5.74) is 4.91. The van der Waals surface area contributed by atoms with Crippen molar-refractivity contribution in [1.29, 1.82) is 0 Å². The van der Waals surface area contributed by atoms with Gasteiger partial charge in [0.25, 0.3) is 5.56 Å². The lowest BCUT2D eigenvalue weighted by atomic mass is 9.90. The average Bonchev–Trinajstić information content (AvgIpc) is 2.79. The number of aliphatic hydroxyl groups is 1. The van der Waals surface area contributed by atoms with Crippen LogP contribution in [0.2, 0.25) is 0 Å². The van der Waals surface area contributed by atoms with Gasteiger partial charge in [0.1, 0.15) is 6.29 Å². The molecule has 0 aliphatic rings. The van der Waals surface area contributed by atoms with Crippen molar-refractivity contribution in [3.63, 3.8) is 0 Å². The molecule has 1 aromatic heterocycles. The van der Waals surface area contributed by atoms with E-state index in [2.05, 4.69) is 31.2 Å². The van der Waals surface area contributed by atoms with Crippen LogP contribution >= 0.6 is 0 Å². The number of hydrogen-bond donors (Lipinski definition) is 1. The number of aromatic nitrogens is 1. The van der Waals surface area contributed by atoms with Gasteiger partial charge in [0, 0.05) is 30.8 Å². The quantitative estimate of drug-likeness (QED) is 0.515. The molecule has 5 heteroatoms. The molecule has 0 saturated heterocycles. The number of fused-ring (bicyclic) bond motifs is 1. The lowest BCUT2D eigenvalue weighted by Gasteiger charge is -2.23. The van der Waals surface area contributed by atoms with Gasteiger partial charge in [0.05, 0.1) is 18.6 Å². The molecule has 0 saturated carbocycles. The second-order valence-corrected chi connectivity index (χ2v) is 8.25. The molecule has 1 N–H and O–H groups in total. The molecule has 32 heavy (non-hydrogen) atoms. The Bertz CT molecular complexity index is 1100. The summed E-state index contributed by atoms with van der Waals surface area (Å²) >= 11 is 0. The first-order valence-corrected chi connectivity index (χ1v) is 11.1. The first-order chi connectivity index (χ1) is 15.4. The third kappa shape index (κ3) is 5.53. The fraction of sp³-hybridized carbons (Fsp3) is 0.407. The first-order valence-electron chi connectivity index (χ1n) is 11.1. The molecule has 1 unspecified atom stereocenters. The Morgan fingerprint density at radius 1 is 1.06 bits per heavy atom. The number of aliphatic hydroxyl groups excluding tert-OH is 1. The van der Waals surface area contributed by atoms with Gasteiger partial charge in [0.2, 0.25) is 0 Å². The van der Waals surface area contributed by atoms with Gasteiger partial charge < -0.3 is 19.2 Å². The molecule has 5 nitrogen and oxygen atoms in total. The molecular formula is C27H35NO4. The second-order valence-electron chi connectivity index (χ2n) is 8.25. The number of carbonyl (C=O) groups is 1. The maximum atomic E-state index is 13.1. The minimum atomic E-state index is -0.527. The molecule has 0 amide bonds. The highest BCUT2D eigenvalue weighted by Gasteiger charge is 2.24. The maximum absolute atomic E-state index is 13.1. The van der Waals surface area contributed by atoms with Crippen LogP contribution in [0.25, 0.3) is 21.9 Å². The molecule has 172 valence electrons. The standard InChI is InChI=1S/C26H31NO3.CH4O/c1-6-7-19-9-11-20(12-10-19)24-23-14-18(4)8-13-22(23)26(29)27(5)25(24)21(15-28)16-30-17(2)3;1-2/h8-15,17,21H,6-7,16H2,1-5H3;2H,1H3. The summed E-state index contributed by atoms with van der Waals surface area (Å²) in [6.45, 7) is 8.31. The smallest absolute Gasteiger partial charge is 0.258 e. The van der Waals surface area contributed by atoms with Crippen molar-refractivity contribution in [2.45, 2.75) is 52.6 Å². The predicted octanol–water partition coefficient (Wildman–Crippen LogP) is 4.78. The first kappa shape index (κ1) is 25.5. The van der Waals surface area contributed by atoms with Gasteiger partial charge in [-0.05, 0) is 49.8 Å². The Balaban J connectivity index is 0.00000176. The van der Waals surface area contributed by atoms with Gasteiger partial charge in [-0.25, -0.2) is 0 Å². The summed E-state index contributed by atoms with van der Waals surface area (Å²) in [5, 5.41) is 8.54. The van der Waals surface area contributed by atoms with Crippen molar-refractivity contribution in [3.05, 3.63) is 69.6 Å². The Kier molecular flexibility index (Phi) is 9.36. The predicted molar refractivity (Wildman–Crippen MR) is 131 cm³/mol.